The third-order valence-electron chi connectivity index (χ3n) is 4.31. The van der Waals surface area contributed by atoms with Crippen molar-refractivity contribution in [1.82, 2.24) is 9.62 Å². The quantitative estimate of drug-likeness (QED) is 0.893. The predicted molar refractivity (Wildman–Crippen MR) is 97.0 cm³/mol. The molecule has 0 aromatic heterocycles. The highest BCUT2D eigenvalue weighted by Gasteiger charge is 2.39. The second-order valence-corrected chi connectivity index (χ2v) is 8.43. The van der Waals surface area contributed by atoms with Gasteiger partial charge in [-0.2, -0.15) is 4.31 Å². The van der Waals surface area contributed by atoms with Gasteiger partial charge in [-0.25, -0.2) is 8.42 Å². The molecule has 1 saturated heterocycles. The molecule has 0 radical (unpaired) electrons. The molecule has 5 nitrogen and oxygen atoms in total. The molecule has 1 unspecified atom stereocenters. The largest absolute Gasteiger partial charge is 0.353 e. The Labute approximate surface area is 152 Å². The van der Waals surface area contributed by atoms with Crippen LogP contribution in [0, 0.1) is 13.8 Å². The van der Waals surface area contributed by atoms with Gasteiger partial charge in [-0.3, -0.25) is 4.79 Å². The second kappa shape index (κ2) is 6.78. The first-order chi connectivity index (χ1) is 11.8. The zero-order chi connectivity index (χ0) is 18.2. The first-order valence-corrected chi connectivity index (χ1v) is 9.75. The molecule has 0 bridgehead atoms. The predicted octanol–water partition coefficient (Wildman–Crippen LogP) is 2.82. The molecule has 1 N–H and O–H groups in total. The Morgan fingerprint density at radius 3 is 2.44 bits per heavy atom. The molecule has 0 aliphatic carbocycles. The number of sulfonamides is 1. The van der Waals surface area contributed by atoms with Gasteiger partial charge in [-0.05, 0) is 37.1 Å². The standard InChI is InChI=1S/C18H19ClN2O3S/c1-12-3-6-14(7-4-12)17-18(22)20-9-10-21(17)25(23,24)15-8-5-13(2)16(19)11-15/h3-8,11,17H,9-10H2,1-2H3,(H,20,22). The van der Waals surface area contributed by atoms with Crippen LogP contribution in [0.1, 0.15) is 22.7 Å². The number of carbonyl (C=O) groups excluding carboxylic acids is 1. The van der Waals surface area contributed by atoms with Crippen molar-refractivity contribution < 1.29 is 13.2 Å². The van der Waals surface area contributed by atoms with Crippen molar-refractivity contribution in [3.8, 4) is 0 Å². The molecule has 1 fully saturated rings. The molecule has 1 aliphatic rings. The molecule has 3 rings (SSSR count). The molecule has 25 heavy (non-hydrogen) atoms. The van der Waals surface area contributed by atoms with E-state index in [0.717, 1.165) is 11.1 Å². The Morgan fingerprint density at radius 1 is 1.12 bits per heavy atom. The number of piperazine rings is 1. The summed E-state index contributed by atoms with van der Waals surface area (Å²) in [5, 5.41) is 3.13. The van der Waals surface area contributed by atoms with Crippen molar-refractivity contribution in [2.24, 2.45) is 0 Å². The molecule has 1 amide bonds. The van der Waals surface area contributed by atoms with E-state index in [0.29, 0.717) is 10.6 Å². The molecule has 1 atom stereocenters. The number of carbonyl (C=O) groups is 1. The van der Waals surface area contributed by atoms with E-state index in [-0.39, 0.29) is 23.9 Å². The van der Waals surface area contributed by atoms with E-state index in [1.54, 1.807) is 18.2 Å². The third kappa shape index (κ3) is 3.42. The van der Waals surface area contributed by atoms with E-state index in [4.69, 9.17) is 11.6 Å². The highest BCUT2D eigenvalue weighted by Crippen LogP contribution is 2.31. The fourth-order valence-corrected chi connectivity index (χ4v) is 4.69. The molecule has 2 aromatic carbocycles. The van der Waals surface area contributed by atoms with Crippen LogP contribution in [0.2, 0.25) is 5.02 Å². The third-order valence-corrected chi connectivity index (χ3v) is 6.58. The number of hydrogen-bond donors (Lipinski definition) is 1. The van der Waals surface area contributed by atoms with E-state index in [2.05, 4.69) is 5.32 Å². The van der Waals surface area contributed by atoms with E-state index in [9.17, 15) is 13.2 Å². The van der Waals surface area contributed by atoms with Crippen molar-refractivity contribution in [2.75, 3.05) is 13.1 Å². The molecule has 2 aromatic rings. The SMILES string of the molecule is Cc1ccc(C2C(=O)NCCN2S(=O)(=O)c2ccc(C)c(Cl)c2)cc1. The van der Waals surface area contributed by atoms with Crippen LogP contribution in [0.3, 0.4) is 0 Å². The van der Waals surface area contributed by atoms with Crippen LogP contribution in [0.4, 0.5) is 0 Å². The topological polar surface area (TPSA) is 66.5 Å². The van der Waals surface area contributed by atoms with Crippen LogP contribution in [0.15, 0.2) is 47.4 Å². The zero-order valence-electron chi connectivity index (χ0n) is 14.0. The van der Waals surface area contributed by atoms with E-state index in [1.807, 2.05) is 26.0 Å². The number of nitrogens with zero attached hydrogens (tertiary/aromatic N) is 1. The van der Waals surface area contributed by atoms with Crippen molar-refractivity contribution in [2.45, 2.75) is 24.8 Å². The summed E-state index contributed by atoms with van der Waals surface area (Å²) >= 11 is 6.10. The number of rotatable bonds is 3. The lowest BCUT2D eigenvalue weighted by molar-refractivity contribution is -0.126. The lowest BCUT2D eigenvalue weighted by Gasteiger charge is -2.34. The lowest BCUT2D eigenvalue weighted by Crippen LogP contribution is -2.52. The minimum atomic E-state index is -3.85. The fraction of sp³-hybridized carbons (Fsp3) is 0.278. The molecule has 1 heterocycles. The van der Waals surface area contributed by atoms with Crippen molar-refractivity contribution in [3.63, 3.8) is 0 Å². The summed E-state index contributed by atoms with van der Waals surface area (Å²) in [4.78, 5) is 12.5. The van der Waals surface area contributed by atoms with Crippen LogP contribution in [0.25, 0.3) is 0 Å². The first kappa shape index (κ1) is 17.9. The lowest BCUT2D eigenvalue weighted by atomic mass is 10.0. The smallest absolute Gasteiger partial charge is 0.244 e. The maximum Gasteiger partial charge on any atom is 0.244 e. The summed E-state index contributed by atoms with van der Waals surface area (Å²) in [6, 6.07) is 11.0. The van der Waals surface area contributed by atoms with Gasteiger partial charge >= 0.3 is 0 Å². The van der Waals surface area contributed by atoms with Crippen LogP contribution >= 0.6 is 11.6 Å². The number of aryl methyl sites for hydroxylation is 2. The number of hydrogen-bond acceptors (Lipinski definition) is 3. The minimum absolute atomic E-state index is 0.0925. The summed E-state index contributed by atoms with van der Waals surface area (Å²) in [5.41, 5.74) is 2.48. The molecular weight excluding hydrogens is 360 g/mol. The van der Waals surface area contributed by atoms with Gasteiger partial charge in [0.05, 0.1) is 4.90 Å². The van der Waals surface area contributed by atoms with Gasteiger partial charge in [-0.15, -0.1) is 0 Å². The van der Waals surface area contributed by atoms with Crippen LogP contribution in [-0.2, 0) is 14.8 Å². The van der Waals surface area contributed by atoms with Gasteiger partial charge < -0.3 is 5.32 Å². The second-order valence-electron chi connectivity index (χ2n) is 6.13. The first-order valence-electron chi connectivity index (χ1n) is 7.93. The normalized spacial score (nSPS) is 18.8. The maximum absolute atomic E-state index is 13.1. The summed E-state index contributed by atoms with van der Waals surface area (Å²) in [6.07, 6.45) is 0. The summed E-state index contributed by atoms with van der Waals surface area (Å²) < 4.78 is 27.5. The highest BCUT2D eigenvalue weighted by atomic mass is 35.5. The van der Waals surface area contributed by atoms with Crippen LogP contribution in [0.5, 0.6) is 0 Å². The number of nitrogens with one attached hydrogen (secondary N) is 1. The Bertz CT molecular complexity index is 910. The van der Waals surface area contributed by atoms with E-state index in [1.165, 1.54) is 16.4 Å². The molecular formula is C18H19ClN2O3S. The van der Waals surface area contributed by atoms with Gasteiger partial charge in [0.2, 0.25) is 15.9 Å². The van der Waals surface area contributed by atoms with Crippen LogP contribution < -0.4 is 5.32 Å². The minimum Gasteiger partial charge on any atom is -0.353 e. The molecule has 0 saturated carbocycles. The van der Waals surface area contributed by atoms with Gasteiger partial charge in [0.25, 0.3) is 0 Å². The van der Waals surface area contributed by atoms with Crippen molar-refractivity contribution in [3.05, 3.63) is 64.2 Å². The Morgan fingerprint density at radius 2 is 1.80 bits per heavy atom. The van der Waals surface area contributed by atoms with Gasteiger partial charge in [0, 0.05) is 18.1 Å². The number of amides is 1. The zero-order valence-corrected chi connectivity index (χ0v) is 15.6. The van der Waals surface area contributed by atoms with Crippen LogP contribution in [-0.4, -0.2) is 31.7 Å². The molecule has 132 valence electrons. The molecule has 7 heteroatoms. The average molecular weight is 379 g/mol. The Hall–Kier alpha value is -1.89. The Balaban J connectivity index is 2.06. The monoisotopic (exact) mass is 378 g/mol. The number of halogens is 1. The summed E-state index contributed by atoms with van der Waals surface area (Å²) in [5.74, 6) is -0.322. The van der Waals surface area contributed by atoms with Crippen molar-refractivity contribution in [1.29, 1.82) is 0 Å². The summed E-state index contributed by atoms with van der Waals surface area (Å²) in [6.45, 7) is 4.23. The Kier molecular flexibility index (Phi) is 4.86. The maximum atomic E-state index is 13.1. The molecule has 1 aliphatic heterocycles. The van der Waals surface area contributed by atoms with Gasteiger partial charge in [-0.1, -0.05) is 47.5 Å². The summed E-state index contributed by atoms with van der Waals surface area (Å²) in [7, 11) is -3.85. The van der Waals surface area contributed by atoms with E-state index < -0.39 is 16.1 Å². The van der Waals surface area contributed by atoms with Gasteiger partial charge in [0.15, 0.2) is 0 Å². The fourth-order valence-electron chi connectivity index (χ4n) is 2.84. The van der Waals surface area contributed by atoms with Gasteiger partial charge in [0.1, 0.15) is 6.04 Å². The average Bonchev–Trinajstić information content (AvgIpc) is 2.58. The highest BCUT2D eigenvalue weighted by molar-refractivity contribution is 7.89. The van der Waals surface area contributed by atoms with Crippen molar-refractivity contribution >= 4 is 27.5 Å². The number of benzene rings is 2. The van der Waals surface area contributed by atoms with E-state index >= 15 is 0 Å². The molecule has 0 spiro atoms.